The zero-order valence-electron chi connectivity index (χ0n) is 11.8. The Balaban J connectivity index is 2.23. The number of nitro groups is 1. The minimum absolute atomic E-state index is 0.0242. The highest BCUT2D eigenvalue weighted by molar-refractivity contribution is 5.88. The Kier molecular flexibility index (Phi) is 4.42. The van der Waals surface area contributed by atoms with Crippen molar-refractivity contribution in [2.45, 2.75) is 45.0 Å². The number of hydrogen-bond donors (Lipinski definition) is 1. The molecule has 1 aromatic carbocycles. The zero-order chi connectivity index (χ0) is 15.6. The first-order valence-corrected chi connectivity index (χ1v) is 6.70. The zero-order valence-corrected chi connectivity index (χ0v) is 11.8. The molecule has 0 aromatic heterocycles. The largest absolute Gasteiger partial charge is 0.483 e. The van der Waals surface area contributed by atoms with Gasteiger partial charge in [0.25, 0.3) is 0 Å². The van der Waals surface area contributed by atoms with Crippen molar-refractivity contribution in [1.29, 1.82) is 0 Å². The van der Waals surface area contributed by atoms with Gasteiger partial charge in [-0.1, -0.05) is 0 Å². The lowest BCUT2D eigenvalue weighted by molar-refractivity contribution is -0.386. The van der Waals surface area contributed by atoms with E-state index < -0.39 is 10.9 Å². The van der Waals surface area contributed by atoms with Crippen molar-refractivity contribution in [2.75, 3.05) is 0 Å². The fraction of sp³-hybridized carbons (Fsp3) is 0.500. The maximum atomic E-state index is 11.1. The second-order valence-electron chi connectivity index (χ2n) is 5.21. The summed E-state index contributed by atoms with van der Waals surface area (Å²) in [4.78, 5) is 21.3. The van der Waals surface area contributed by atoms with E-state index >= 15 is 0 Å². The van der Waals surface area contributed by atoms with Crippen LogP contribution in [0, 0.1) is 10.1 Å². The fourth-order valence-electron chi connectivity index (χ4n) is 2.51. The third-order valence-electron chi connectivity index (χ3n) is 3.35. The number of carboxylic acid groups (broad SMARTS) is 1. The summed E-state index contributed by atoms with van der Waals surface area (Å²) in [7, 11) is 0. The molecule has 0 spiro atoms. The van der Waals surface area contributed by atoms with Gasteiger partial charge in [-0.15, -0.1) is 0 Å². The van der Waals surface area contributed by atoms with E-state index in [1.54, 1.807) is 0 Å². The van der Waals surface area contributed by atoms with Gasteiger partial charge < -0.3 is 14.6 Å². The summed E-state index contributed by atoms with van der Waals surface area (Å²) in [6.07, 6.45) is 1.15. The SMILES string of the molecule is CC1CC(Oc2ccc(C(=O)O)cc2[N+](=O)[O-])CC(C)O1. The van der Waals surface area contributed by atoms with Crippen molar-refractivity contribution in [3.05, 3.63) is 33.9 Å². The molecule has 2 rings (SSSR count). The lowest BCUT2D eigenvalue weighted by Gasteiger charge is -2.32. The number of hydrogen-bond acceptors (Lipinski definition) is 5. The Morgan fingerprint density at radius 1 is 1.38 bits per heavy atom. The van der Waals surface area contributed by atoms with E-state index in [0.29, 0.717) is 12.8 Å². The van der Waals surface area contributed by atoms with Crippen LogP contribution in [0.3, 0.4) is 0 Å². The van der Waals surface area contributed by atoms with E-state index in [4.69, 9.17) is 14.6 Å². The van der Waals surface area contributed by atoms with Crippen LogP contribution in [0.4, 0.5) is 5.69 Å². The summed E-state index contributed by atoms with van der Waals surface area (Å²) >= 11 is 0. The maximum absolute atomic E-state index is 11.1. The molecule has 114 valence electrons. The molecule has 0 saturated carbocycles. The highest BCUT2D eigenvalue weighted by Gasteiger charge is 2.28. The molecule has 1 aromatic rings. The number of rotatable bonds is 4. The molecule has 0 radical (unpaired) electrons. The van der Waals surface area contributed by atoms with E-state index in [9.17, 15) is 14.9 Å². The lowest BCUT2D eigenvalue weighted by Crippen LogP contribution is -2.35. The molecule has 1 aliphatic rings. The second-order valence-corrected chi connectivity index (χ2v) is 5.21. The highest BCUT2D eigenvalue weighted by atomic mass is 16.6. The number of aromatic carboxylic acids is 1. The van der Waals surface area contributed by atoms with Crippen molar-refractivity contribution in [2.24, 2.45) is 0 Å². The van der Waals surface area contributed by atoms with E-state index in [2.05, 4.69) is 0 Å². The van der Waals surface area contributed by atoms with Gasteiger partial charge in [-0.2, -0.15) is 0 Å². The molecule has 2 atom stereocenters. The smallest absolute Gasteiger partial charge is 0.335 e. The van der Waals surface area contributed by atoms with E-state index in [0.717, 1.165) is 6.07 Å². The van der Waals surface area contributed by atoms with Crippen LogP contribution < -0.4 is 4.74 Å². The number of nitrogens with zero attached hydrogens (tertiary/aromatic N) is 1. The molecular formula is C14H17NO6. The first-order chi connectivity index (χ1) is 9.86. The summed E-state index contributed by atoms with van der Waals surface area (Å²) in [5, 5.41) is 20.0. The Bertz CT molecular complexity index is 548. The van der Waals surface area contributed by atoms with Gasteiger partial charge in [0.2, 0.25) is 0 Å². The molecule has 1 aliphatic heterocycles. The van der Waals surface area contributed by atoms with Gasteiger partial charge in [0.05, 0.1) is 22.7 Å². The average molecular weight is 295 g/mol. The van der Waals surface area contributed by atoms with Gasteiger partial charge in [-0.25, -0.2) is 4.79 Å². The molecule has 7 heteroatoms. The van der Waals surface area contributed by atoms with Gasteiger partial charge >= 0.3 is 11.7 Å². The molecule has 7 nitrogen and oxygen atoms in total. The Hall–Kier alpha value is -2.15. The number of carboxylic acids is 1. The standard InChI is InChI=1S/C14H17NO6/c1-8-5-11(6-9(2)20-8)21-13-4-3-10(14(16)17)7-12(13)15(18)19/h3-4,7-9,11H,5-6H2,1-2H3,(H,16,17). The van der Waals surface area contributed by atoms with Crippen LogP contribution in [-0.2, 0) is 4.74 Å². The molecule has 1 heterocycles. The molecular weight excluding hydrogens is 278 g/mol. The molecule has 1 saturated heterocycles. The van der Waals surface area contributed by atoms with Crippen molar-refractivity contribution < 1.29 is 24.3 Å². The van der Waals surface area contributed by atoms with Gasteiger partial charge in [0.1, 0.15) is 6.10 Å². The quantitative estimate of drug-likeness (QED) is 0.677. The summed E-state index contributed by atoms with van der Waals surface area (Å²) in [5.41, 5.74) is -0.468. The number of benzene rings is 1. The van der Waals surface area contributed by atoms with Crippen LogP contribution in [0.15, 0.2) is 18.2 Å². The van der Waals surface area contributed by atoms with Gasteiger partial charge in [-0.05, 0) is 26.0 Å². The monoisotopic (exact) mass is 295 g/mol. The minimum atomic E-state index is -1.21. The molecule has 1 fully saturated rings. The van der Waals surface area contributed by atoms with Crippen LogP contribution in [0.1, 0.15) is 37.0 Å². The predicted molar refractivity (Wildman–Crippen MR) is 73.7 cm³/mol. The van der Waals surface area contributed by atoms with E-state index in [1.807, 2.05) is 13.8 Å². The third-order valence-corrected chi connectivity index (χ3v) is 3.35. The summed E-state index contributed by atoms with van der Waals surface area (Å²) in [6.45, 7) is 3.85. The number of ether oxygens (including phenoxy) is 2. The van der Waals surface area contributed by atoms with Crippen molar-refractivity contribution >= 4 is 11.7 Å². The van der Waals surface area contributed by atoms with Gasteiger partial charge in [-0.3, -0.25) is 10.1 Å². The molecule has 0 amide bonds. The first kappa shape index (κ1) is 15.2. The summed E-state index contributed by atoms with van der Waals surface area (Å²) in [5.74, 6) is -1.12. The first-order valence-electron chi connectivity index (χ1n) is 6.70. The Morgan fingerprint density at radius 2 is 2.00 bits per heavy atom. The number of nitro benzene ring substituents is 1. The van der Waals surface area contributed by atoms with E-state index in [-0.39, 0.29) is 35.3 Å². The lowest BCUT2D eigenvalue weighted by atomic mass is 10.0. The van der Waals surface area contributed by atoms with Crippen molar-refractivity contribution in [3.63, 3.8) is 0 Å². The van der Waals surface area contributed by atoms with Crippen molar-refractivity contribution in [1.82, 2.24) is 0 Å². The van der Waals surface area contributed by atoms with Gasteiger partial charge in [0.15, 0.2) is 5.75 Å². The summed E-state index contributed by atoms with van der Waals surface area (Å²) in [6, 6.07) is 3.66. The van der Waals surface area contributed by atoms with Gasteiger partial charge in [0, 0.05) is 18.9 Å². The topological polar surface area (TPSA) is 98.9 Å². The minimum Gasteiger partial charge on any atom is -0.483 e. The van der Waals surface area contributed by atoms with Crippen LogP contribution in [0.25, 0.3) is 0 Å². The van der Waals surface area contributed by atoms with Crippen LogP contribution in [0.5, 0.6) is 5.75 Å². The number of carbonyl (C=O) groups is 1. The normalized spacial score (nSPS) is 25.3. The molecule has 1 N–H and O–H groups in total. The third kappa shape index (κ3) is 3.69. The summed E-state index contributed by atoms with van der Waals surface area (Å²) < 4.78 is 11.3. The van der Waals surface area contributed by atoms with Crippen LogP contribution in [-0.4, -0.2) is 34.3 Å². The molecule has 0 bridgehead atoms. The second kappa shape index (κ2) is 6.09. The Labute approximate surface area is 121 Å². The fourth-order valence-corrected chi connectivity index (χ4v) is 2.51. The Morgan fingerprint density at radius 3 is 2.52 bits per heavy atom. The highest BCUT2D eigenvalue weighted by Crippen LogP contribution is 2.32. The predicted octanol–water partition coefficient (Wildman–Crippen LogP) is 2.63. The molecule has 21 heavy (non-hydrogen) atoms. The van der Waals surface area contributed by atoms with Crippen LogP contribution in [0.2, 0.25) is 0 Å². The van der Waals surface area contributed by atoms with Crippen molar-refractivity contribution in [3.8, 4) is 5.75 Å². The molecule has 0 aliphatic carbocycles. The van der Waals surface area contributed by atoms with E-state index in [1.165, 1.54) is 12.1 Å². The molecule has 2 unspecified atom stereocenters. The van der Waals surface area contributed by atoms with Crippen LogP contribution >= 0.6 is 0 Å². The average Bonchev–Trinajstić information content (AvgIpc) is 2.37. The maximum Gasteiger partial charge on any atom is 0.335 e.